The minimum atomic E-state index is 0.102. The molecule has 0 aliphatic heterocycles. The lowest BCUT2D eigenvalue weighted by molar-refractivity contribution is 0.341. The van der Waals surface area contributed by atoms with Crippen molar-refractivity contribution in [1.82, 2.24) is 0 Å². The van der Waals surface area contributed by atoms with Crippen LogP contribution in [0.25, 0.3) is 0 Å². The van der Waals surface area contributed by atoms with Gasteiger partial charge in [0.05, 0.1) is 6.54 Å². The van der Waals surface area contributed by atoms with E-state index in [4.69, 9.17) is 11.1 Å². The molecular weight excluding hydrogens is 104 g/mol. The van der Waals surface area contributed by atoms with E-state index in [9.17, 15) is 0 Å². The first kappa shape index (κ1) is 7.17. The Balaban J connectivity index is 3.11. The smallest absolute Gasteiger partial charge is 0.194 e. The van der Waals surface area contributed by atoms with Crippen LogP contribution in [-0.2, 0) is 4.74 Å². The van der Waals surface area contributed by atoms with Gasteiger partial charge in [-0.05, 0) is 0 Å². The van der Waals surface area contributed by atoms with E-state index in [0.717, 1.165) is 0 Å². The van der Waals surface area contributed by atoms with Crippen LogP contribution < -0.4 is 5.73 Å². The molecule has 0 bridgehead atoms. The van der Waals surface area contributed by atoms with E-state index in [2.05, 4.69) is 11.3 Å². The van der Waals surface area contributed by atoms with Crippen LogP contribution in [0.2, 0.25) is 0 Å². The summed E-state index contributed by atoms with van der Waals surface area (Å²) in [6.07, 6.45) is 1.57. The molecule has 0 saturated carbocycles. The van der Waals surface area contributed by atoms with Crippen molar-refractivity contribution in [1.29, 1.82) is 5.41 Å². The van der Waals surface area contributed by atoms with E-state index in [1.165, 1.54) is 0 Å². The average Bonchev–Trinajstić information content (AvgIpc) is 1.83. The van der Waals surface area contributed by atoms with Crippen LogP contribution in [0.1, 0.15) is 0 Å². The quantitative estimate of drug-likeness (QED) is 0.311. The molecule has 0 heterocycles. The number of rotatable bonds is 3. The molecule has 0 radical (unpaired) electrons. The van der Waals surface area contributed by atoms with Gasteiger partial charge in [-0.3, -0.25) is 5.41 Å². The van der Waals surface area contributed by atoms with E-state index >= 15 is 0 Å². The summed E-state index contributed by atoms with van der Waals surface area (Å²) >= 11 is 0. The van der Waals surface area contributed by atoms with Crippen molar-refractivity contribution in [3.8, 4) is 0 Å². The zero-order valence-corrected chi connectivity index (χ0v) is 4.68. The fraction of sp³-hybridized carbons (Fsp3) is 0.400. The zero-order chi connectivity index (χ0) is 6.41. The molecule has 0 aliphatic carbocycles. The van der Waals surface area contributed by atoms with Crippen molar-refractivity contribution < 1.29 is 4.74 Å². The summed E-state index contributed by atoms with van der Waals surface area (Å²) in [4.78, 5) is 0. The van der Waals surface area contributed by atoms with Gasteiger partial charge in [-0.2, -0.15) is 0 Å². The van der Waals surface area contributed by atoms with Gasteiger partial charge >= 0.3 is 0 Å². The molecule has 3 heteroatoms. The van der Waals surface area contributed by atoms with Crippen LogP contribution in [0.4, 0.5) is 0 Å². The topological polar surface area (TPSA) is 59.1 Å². The van der Waals surface area contributed by atoms with Crippen LogP contribution in [0.3, 0.4) is 0 Å². The van der Waals surface area contributed by atoms with E-state index in [0.29, 0.717) is 6.61 Å². The summed E-state index contributed by atoms with van der Waals surface area (Å²) in [6.45, 7) is 3.94. The number of ether oxygens (including phenoxy) is 1. The molecule has 0 aromatic rings. The first-order valence-electron chi connectivity index (χ1n) is 2.32. The first-order valence-corrected chi connectivity index (χ1v) is 2.32. The van der Waals surface area contributed by atoms with Gasteiger partial charge in [0.2, 0.25) is 0 Å². The van der Waals surface area contributed by atoms with Crippen LogP contribution in [0.5, 0.6) is 0 Å². The van der Waals surface area contributed by atoms with Gasteiger partial charge < -0.3 is 10.5 Å². The highest BCUT2D eigenvalue weighted by Crippen LogP contribution is 1.74. The Morgan fingerprint density at radius 3 is 2.88 bits per heavy atom. The van der Waals surface area contributed by atoms with E-state index in [-0.39, 0.29) is 12.4 Å². The summed E-state index contributed by atoms with van der Waals surface area (Å²) in [5.41, 5.74) is 5.03. The molecular formula is C5H10N2O. The zero-order valence-electron chi connectivity index (χ0n) is 4.68. The third-order valence-electron chi connectivity index (χ3n) is 0.561. The lowest BCUT2D eigenvalue weighted by Gasteiger charge is -1.98. The molecule has 0 rings (SSSR count). The maximum Gasteiger partial charge on any atom is 0.194 e. The molecule has 0 fully saturated rings. The van der Waals surface area contributed by atoms with E-state index < -0.39 is 0 Å². The van der Waals surface area contributed by atoms with Crippen molar-refractivity contribution in [2.24, 2.45) is 5.73 Å². The van der Waals surface area contributed by atoms with Crippen LogP contribution >= 0.6 is 0 Å². The first-order chi connectivity index (χ1) is 3.81. The Labute approximate surface area is 48.6 Å². The minimum Gasteiger partial charge on any atom is -0.476 e. The Morgan fingerprint density at radius 2 is 2.50 bits per heavy atom. The van der Waals surface area contributed by atoms with Gasteiger partial charge in [-0.25, -0.2) is 0 Å². The number of nitrogens with two attached hydrogens (primary N) is 1. The van der Waals surface area contributed by atoms with E-state index in [1.807, 2.05) is 0 Å². The standard InChI is InChI=1S/C5H10N2O/c1-2-3-8-5(7)4-6/h2,7H,1,3-4,6H2. The highest BCUT2D eigenvalue weighted by atomic mass is 16.5. The highest BCUT2D eigenvalue weighted by Gasteiger charge is 1.86. The molecule has 0 aromatic carbocycles. The maximum absolute atomic E-state index is 6.85. The predicted octanol–water partition coefficient (Wildman–Crippen LogP) is 0.125. The van der Waals surface area contributed by atoms with Crippen molar-refractivity contribution >= 4 is 5.90 Å². The summed E-state index contributed by atoms with van der Waals surface area (Å²) in [6, 6.07) is 0. The average molecular weight is 114 g/mol. The van der Waals surface area contributed by atoms with Crippen molar-refractivity contribution in [2.45, 2.75) is 0 Å². The normalized spacial score (nSPS) is 8.12. The van der Waals surface area contributed by atoms with Gasteiger partial charge in [0.25, 0.3) is 0 Å². The summed E-state index contributed by atoms with van der Waals surface area (Å²) in [7, 11) is 0. The molecule has 46 valence electrons. The number of hydrogen-bond acceptors (Lipinski definition) is 3. The molecule has 0 amide bonds. The van der Waals surface area contributed by atoms with Crippen LogP contribution in [-0.4, -0.2) is 19.0 Å². The maximum atomic E-state index is 6.85. The molecule has 0 unspecified atom stereocenters. The van der Waals surface area contributed by atoms with Gasteiger partial charge in [-0.15, -0.1) is 0 Å². The predicted molar refractivity (Wildman–Crippen MR) is 32.9 cm³/mol. The molecule has 0 atom stereocenters. The lowest BCUT2D eigenvalue weighted by atomic mass is 10.6. The third-order valence-corrected chi connectivity index (χ3v) is 0.561. The Kier molecular flexibility index (Phi) is 3.88. The Bertz CT molecular complexity index is 90.4. The molecule has 0 saturated heterocycles. The molecule has 0 aliphatic rings. The summed E-state index contributed by atoms with van der Waals surface area (Å²) in [5, 5.41) is 6.85. The molecule has 3 nitrogen and oxygen atoms in total. The number of nitrogens with one attached hydrogen (secondary N) is 1. The van der Waals surface area contributed by atoms with Crippen molar-refractivity contribution in [2.75, 3.05) is 13.2 Å². The highest BCUT2D eigenvalue weighted by molar-refractivity contribution is 5.74. The largest absolute Gasteiger partial charge is 0.476 e. The van der Waals surface area contributed by atoms with Gasteiger partial charge in [0.15, 0.2) is 5.90 Å². The second kappa shape index (κ2) is 4.33. The third kappa shape index (κ3) is 3.36. The molecule has 0 spiro atoms. The van der Waals surface area contributed by atoms with Crippen molar-refractivity contribution in [3.05, 3.63) is 12.7 Å². The van der Waals surface area contributed by atoms with Crippen LogP contribution in [0.15, 0.2) is 12.7 Å². The Hall–Kier alpha value is -0.830. The lowest BCUT2D eigenvalue weighted by Crippen LogP contribution is -2.15. The summed E-state index contributed by atoms with van der Waals surface area (Å²) in [5.74, 6) is 0.102. The molecule has 0 aromatic heterocycles. The summed E-state index contributed by atoms with van der Waals surface area (Å²) < 4.78 is 4.68. The van der Waals surface area contributed by atoms with Crippen LogP contribution in [0, 0.1) is 5.41 Å². The fourth-order valence-corrected chi connectivity index (χ4v) is 0.218. The number of hydrogen-bond donors (Lipinski definition) is 2. The van der Waals surface area contributed by atoms with Gasteiger partial charge in [0, 0.05) is 0 Å². The Morgan fingerprint density at radius 1 is 1.88 bits per heavy atom. The molecule has 8 heavy (non-hydrogen) atoms. The van der Waals surface area contributed by atoms with Gasteiger partial charge in [-0.1, -0.05) is 12.7 Å². The van der Waals surface area contributed by atoms with Crippen molar-refractivity contribution in [3.63, 3.8) is 0 Å². The second-order valence-electron chi connectivity index (χ2n) is 1.23. The van der Waals surface area contributed by atoms with Gasteiger partial charge in [0.1, 0.15) is 6.61 Å². The second-order valence-corrected chi connectivity index (χ2v) is 1.23. The monoisotopic (exact) mass is 114 g/mol. The SMILES string of the molecule is C=CCOC(=N)CN. The molecule has 3 N–H and O–H groups in total. The fourth-order valence-electron chi connectivity index (χ4n) is 0.218. The minimum absolute atomic E-state index is 0.102. The van der Waals surface area contributed by atoms with E-state index in [1.54, 1.807) is 6.08 Å².